The summed E-state index contributed by atoms with van der Waals surface area (Å²) in [7, 11) is 0. The SMILES string of the molecule is Cc1cc(C(=O)N2CC(CBr)OCC2C)sc1Br. The number of amides is 1. The molecule has 0 radical (unpaired) electrons. The molecule has 3 nitrogen and oxygen atoms in total. The third kappa shape index (κ3) is 2.98. The number of aryl methyl sites for hydroxylation is 1. The molecule has 1 aliphatic rings. The van der Waals surface area contributed by atoms with Gasteiger partial charge in [-0.3, -0.25) is 4.79 Å². The Bertz CT molecular complexity index is 430. The highest BCUT2D eigenvalue weighted by Crippen LogP contribution is 2.29. The van der Waals surface area contributed by atoms with Crippen molar-refractivity contribution in [3.05, 3.63) is 20.3 Å². The molecule has 1 saturated heterocycles. The van der Waals surface area contributed by atoms with Crippen molar-refractivity contribution in [3.63, 3.8) is 0 Å². The zero-order valence-corrected chi connectivity index (χ0v) is 14.3. The van der Waals surface area contributed by atoms with Gasteiger partial charge >= 0.3 is 0 Å². The Kier molecular flexibility index (Phi) is 4.86. The van der Waals surface area contributed by atoms with E-state index in [0.29, 0.717) is 13.2 Å². The summed E-state index contributed by atoms with van der Waals surface area (Å²) in [6.45, 7) is 5.28. The molecule has 6 heteroatoms. The van der Waals surface area contributed by atoms with Crippen LogP contribution in [0.1, 0.15) is 22.2 Å². The number of halogens is 2. The van der Waals surface area contributed by atoms with Gasteiger partial charge in [0.2, 0.25) is 0 Å². The van der Waals surface area contributed by atoms with Crippen LogP contribution >= 0.6 is 43.2 Å². The van der Waals surface area contributed by atoms with E-state index in [9.17, 15) is 4.79 Å². The first-order valence-electron chi connectivity index (χ1n) is 5.77. The van der Waals surface area contributed by atoms with Crippen LogP contribution in [0, 0.1) is 6.92 Å². The van der Waals surface area contributed by atoms with E-state index < -0.39 is 0 Å². The highest BCUT2D eigenvalue weighted by Gasteiger charge is 2.30. The number of hydrogen-bond donors (Lipinski definition) is 0. The summed E-state index contributed by atoms with van der Waals surface area (Å²) < 4.78 is 6.67. The molecule has 0 aromatic carbocycles. The number of thiophene rings is 1. The van der Waals surface area contributed by atoms with E-state index in [1.165, 1.54) is 11.3 Å². The highest BCUT2D eigenvalue weighted by molar-refractivity contribution is 9.11. The summed E-state index contributed by atoms with van der Waals surface area (Å²) in [6, 6.07) is 2.08. The summed E-state index contributed by atoms with van der Waals surface area (Å²) in [5, 5.41) is 0.761. The maximum Gasteiger partial charge on any atom is 0.264 e. The van der Waals surface area contributed by atoms with Gasteiger partial charge in [0.25, 0.3) is 5.91 Å². The highest BCUT2D eigenvalue weighted by atomic mass is 79.9. The van der Waals surface area contributed by atoms with Crippen LogP contribution < -0.4 is 0 Å². The molecular formula is C12H15Br2NO2S. The monoisotopic (exact) mass is 395 g/mol. The van der Waals surface area contributed by atoms with Gasteiger partial charge in [0, 0.05) is 11.9 Å². The fourth-order valence-corrected chi connectivity index (χ4v) is 3.78. The third-order valence-electron chi connectivity index (χ3n) is 3.01. The molecule has 2 atom stereocenters. The quantitative estimate of drug-likeness (QED) is 0.716. The number of ether oxygens (including phenoxy) is 1. The minimum absolute atomic E-state index is 0.0923. The van der Waals surface area contributed by atoms with Crippen molar-refractivity contribution < 1.29 is 9.53 Å². The summed E-state index contributed by atoms with van der Waals surface area (Å²) in [4.78, 5) is 15.2. The second kappa shape index (κ2) is 6.03. The lowest BCUT2D eigenvalue weighted by Crippen LogP contribution is -2.51. The number of hydrogen-bond acceptors (Lipinski definition) is 3. The Morgan fingerprint density at radius 3 is 2.94 bits per heavy atom. The molecule has 0 bridgehead atoms. The van der Waals surface area contributed by atoms with Gasteiger partial charge in [-0.1, -0.05) is 15.9 Å². The number of carbonyl (C=O) groups is 1. The molecule has 1 aromatic heterocycles. The molecule has 0 N–H and O–H groups in total. The maximum atomic E-state index is 12.5. The molecular weight excluding hydrogens is 382 g/mol. The predicted molar refractivity (Wildman–Crippen MR) is 80.8 cm³/mol. The minimum Gasteiger partial charge on any atom is -0.373 e. The van der Waals surface area contributed by atoms with Crippen molar-refractivity contribution in [2.45, 2.75) is 26.0 Å². The van der Waals surface area contributed by atoms with Gasteiger partial charge in [-0.25, -0.2) is 0 Å². The first kappa shape index (κ1) is 14.5. The normalized spacial score (nSPS) is 24.3. The van der Waals surface area contributed by atoms with Gasteiger partial charge in [0.15, 0.2) is 0 Å². The van der Waals surface area contributed by atoms with E-state index >= 15 is 0 Å². The standard InChI is InChI=1S/C12H15Br2NO2S/c1-7-3-10(18-11(7)14)12(16)15-5-9(4-13)17-6-8(15)2/h3,8-9H,4-6H2,1-2H3. The molecule has 2 rings (SSSR count). The van der Waals surface area contributed by atoms with E-state index in [0.717, 1.165) is 19.6 Å². The van der Waals surface area contributed by atoms with Gasteiger partial charge in [-0.2, -0.15) is 0 Å². The maximum absolute atomic E-state index is 12.5. The summed E-state index contributed by atoms with van der Waals surface area (Å²) in [5.74, 6) is 0.107. The van der Waals surface area contributed by atoms with Crippen molar-refractivity contribution in [1.29, 1.82) is 0 Å². The van der Waals surface area contributed by atoms with Crippen molar-refractivity contribution in [2.24, 2.45) is 0 Å². The van der Waals surface area contributed by atoms with Crippen LogP contribution in [0.4, 0.5) is 0 Å². The van der Waals surface area contributed by atoms with Crippen LogP contribution in [0.15, 0.2) is 9.85 Å². The minimum atomic E-state index is 0.0923. The lowest BCUT2D eigenvalue weighted by molar-refractivity contribution is -0.0359. The molecule has 1 fully saturated rings. The van der Waals surface area contributed by atoms with Crippen molar-refractivity contribution in [1.82, 2.24) is 4.90 Å². The molecule has 0 saturated carbocycles. The number of nitrogens with zero attached hydrogens (tertiary/aromatic N) is 1. The molecule has 18 heavy (non-hydrogen) atoms. The first-order chi connectivity index (χ1) is 8.52. The Morgan fingerprint density at radius 2 is 2.39 bits per heavy atom. The van der Waals surface area contributed by atoms with Crippen LogP contribution in [0.25, 0.3) is 0 Å². The van der Waals surface area contributed by atoms with Crippen molar-refractivity contribution >= 4 is 49.1 Å². The van der Waals surface area contributed by atoms with E-state index in [2.05, 4.69) is 31.9 Å². The fraction of sp³-hybridized carbons (Fsp3) is 0.583. The zero-order valence-electron chi connectivity index (χ0n) is 10.3. The summed E-state index contributed by atoms with van der Waals surface area (Å²) >= 11 is 8.38. The molecule has 0 spiro atoms. The number of rotatable bonds is 2. The molecule has 1 aromatic rings. The van der Waals surface area contributed by atoms with Crippen LogP contribution in [-0.4, -0.2) is 41.4 Å². The van der Waals surface area contributed by atoms with E-state index in [-0.39, 0.29) is 18.1 Å². The molecule has 0 aliphatic carbocycles. The van der Waals surface area contributed by atoms with Gasteiger partial charge in [0.05, 0.1) is 27.4 Å². The average Bonchev–Trinajstić information content (AvgIpc) is 2.69. The third-order valence-corrected chi connectivity index (χ3v) is 5.85. The Morgan fingerprint density at radius 1 is 1.67 bits per heavy atom. The molecule has 2 unspecified atom stereocenters. The van der Waals surface area contributed by atoms with E-state index in [4.69, 9.17) is 4.74 Å². The van der Waals surface area contributed by atoms with Crippen LogP contribution in [0.3, 0.4) is 0 Å². The number of morpholine rings is 1. The van der Waals surface area contributed by atoms with E-state index in [1.807, 2.05) is 24.8 Å². The zero-order chi connectivity index (χ0) is 13.3. The van der Waals surface area contributed by atoms with Gasteiger partial charge in [-0.05, 0) is 41.4 Å². The average molecular weight is 397 g/mol. The second-order valence-corrected chi connectivity index (χ2v) is 7.50. The smallest absolute Gasteiger partial charge is 0.264 e. The predicted octanol–water partition coefficient (Wildman–Crippen LogP) is 3.44. The number of alkyl halides is 1. The van der Waals surface area contributed by atoms with E-state index in [1.54, 1.807) is 0 Å². The first-order valence-corrected chi connectivity index (χ1v) is 8.50. The molecule has 1 aliphatic heterocycles. The molecule has 2 heterocycles. The molecule has 1 amide bonds. The molecule has 100 valence electrons. The largest absolute Gasteiger partial charge is 0.373 e. The van der Waals surface area contributed by atoms with Crippen molar-refractivity contribution in [3.8, 4) is 0 Å². The van der Waals surface area contributed by atoms with Crippen LogP contribution in [-0.2, 0) is 4.74 Å². The summed E-state index contributed by atoms with van der Waals surface area (Å²) in [6.07, 6.45) is 0.0923. The Labute approximate surface area is 128 Å². The van der Waals surface area contributed by atoms with Crippen LogP contribution in [0.2, 0.25) is 0 Å². The Hall–Kier alpha value is 0.0900. The Balaban J connectivity index is 2.16. The van der Waals surface area contributed by atoms with Gasteiger partial charge < -0.3 is 9.64 Å². The lowest BCUT2D eigenvalue weighted by atomic mass is 10.2. The van der Waals surface area contributed by atoms with Crippen molar-refractivity contribution in [2.75, 3.05) is 18.5 Å². The summed E-state index contributed by atoms with van der Waals surface area (Å²) in [5.41, 5.74) is 1.11. The second-order valence-electron chi connectivity index (χ2n) is 4.48. The fourth-order valence-electron chi connectivity index (χ4n) is 1.90. The topological polar surface area (TPSA) is 29.5 Å². The lowest BCUT2D eigenvalue weighted by Gasteiger charge is -2.37. The van der Waals surface area contributed by atoms with Crippen LogP contribution in [0.5, 0.6) is 0 Å². The number of carbonyl (C=O) groups excluding carboxylic acids is 1. The van der Waals surface area contributed by atoms with Gasteiger partial charge in [0.1, 0.15) is 0 Å². The van der Waals surface area contributed by atoms with Gasteiger partial charge in [-0.15, -0.1) is 11.3 Å².